The predicted octanol–water partition coefficient (Wildman–Crippen LogP) is 1.57. The molecule has 0 N–H and O–H groups in total. The Hall–Kier alpha value is -2.63. The number of esters is 1. The zero-order valence-corrected chi connectivity index (χ0v) is 12.1. The summed E-state index contributed by atoms with van der Waals surface area (Å²) in [5, 5.41) is 0.666. The molecule has 1 amide bonds. The number of carbonyl (C=O) groups is 2. The zero-order chi connectivity index (χ0) is 15.7. The molecular formula is C16H15NO5. The fourth-order valence-corrected chi connectivity index (χ4v) is 2.76. The van der Waals surface area contributed by atoms with E-state index < -0.39 is 17.6 Å². The van der Waals surface area contributed by atoms with Gasteiger partial charge in [-0.3, -0.25) is 4.79 Å². The Morgan fingerprint density at radius 3 is 2.86 bits per heavy atom. The molecule has 1 fully saturated rings. The van der Waals surface area contributed by atoms with Crippen molar-refractivity contribution in [3.8, 4) is 0 Å². The first-order valence-corrected chi connectivity index (χ1v) is 7.03. The van der Waals surface area contributed by atoms with E-state index in [2.05, 4.69) is 0 Å². The van der Waals surface area contributed by atoms with Gasteiger partial charge in [0.05, 0.1) is 7.11 Å². The van der Waals surface area contributed by atoms with Crippen LogP contribution in [0.15, 0.2) is 39.5 Å². The van der Waals surface area contributed by atoms with Gasteiger partial charge in [0, 0.05) is 23.6 Å². The SMILES string of the molecule is COC(=O)[C@@H]1CCCN1C(=O)c1ccc2oc(=O)ccc2c1. The minimum Gasteiger partial charge on any atom is -0.467 e. The molecule has 114 valence electrons. The molecule has 0 bridgehead atoms. The lowest BCUT2D eigenvalue weighted by Crippen LogP contribution is -2.41. The highest BCUT2D eigenvalue weighted by Crippen LogP contribution is 2.22. The van der Waals surface area contributed by atoms with Gasteiger partial charge in [-0.15, -0.1) is 0 Å². The van der Waals surface area contributed by atoms with Crippen molar-refractivity contribution in [2.45, 2.75) is 18.9 Å². The average molecular weight is 301 g/mol. The van der Waals surface area contributed by atoms with Crippen LogP contribution >= 0.6 is 0 Å². The number of hydrogen-bond donors (Lipinski definition) is 0. The van der Waals surface area contributed by atoms with Crippen molar-refractivity contribution in [1.29, 1.82) is 0 Å². The molecule has 6 heteroatoms. The van der Waals surface area contributed by atoms with E-state index in [0.29, 0.717) is 29.5 Å². The molecule has 6 nitrogen and oxygen atoms in total. The van der Waals surface area contributed by atoms with Crippen LogP contribution in [-0.2, 0) is 9.53 Å². The van der Waals surface area contributed by atoms with E-state index in [-0.39, 0.29) is 5.91 Å². The molecule has 1 aliphatic heterocycles. The van der Waals surface area contributed by atoms with E-state index in [1.165, 1.54) is 18.1 Å². The Kier molecular flexibility index (Phi) is 3.66. The molecule has 1 aliphatic rings. The Morgan fingerprint density at radius 1 is 1.27 bits per heavy atom. The van der Waals surface area contributed by atoms with Crippen LogP contribution in [0.4, 0.5) is 0 Å². The summed E-state index contributed by atoms with van der Waals surface area (Å²) in [5.41, 5.74) is 0.448. The Labute approximate surface area is 126 Å². The number of rotatable bonds is 2. The molecule has 1 aromatic carbocycles. The van der Waals surface area contributed by atoms with Gasteiger partial charge in [-0.2, -0.15) is 0 Å². The molecule has 22 heavy (non-hydrogen) atoms. The third-order valence-corrected chi connectivity index (χ3v) is 3.85. The lowest BCUT2D eigenvalue weighted by molar-refractivity contribution is -0.145. The van der Waals surface area contributed by atoms with Gasteiger partial charge >= 0.3 is 11.6 Å². The zero-order valence-electron chi connectivity index (χ0n) is 12.1. The maximum absolute atomic E-state index is 12.6. The number of hydrogen-bond acceptors (Lipinski definition) is 5. The molecule has 1 saturated heterocycles. The number of amides is 1. The molecule has 0 saturated carbocycles. The third-order valence-electron chi connectivity index (χ3n) is 3.85. The fraction of sp³-hybridized carbons (Fsp3) is 0.312. The van der Waals surface area contributed by atoms with Crippen molar-refractivity contribution in [3.05, 3.63) is 46.3 Å². The highest BCUT2D eigenvalue weighted by molar-refractivity contribution is 5.99. The Bertz CT molecular complexity index is 794. The summed E-state index contributed by atoms with van der Waals surface area (Å²) >= 11 is 0. The molecule has 3 rings (SSSR count). The van der Waals surface area contributed by atoms with E-state index in [0.717, 1.165) is 6.42 Å². The number of benzene rings is 1. The largest absolute Gasteiger partial charge is 0.467 e. The Morgan fingerprint density at radius 2 is 2.09 bits per heavy atom. The van der Waals surface area contributed by atoms with Gasteiger partial charge < -0.3 is 14.1 Å². The van der Waals surface area contributed by atoms with Crippen LogP contribution in [0.2, 0.25) is 0 Å². The first-order chi connectivity index (χ1) is 10.6. The van der Waals surface area contributed by atoms with Crippen LogP contribution in [0.1, 0.15) is 23.2 Å². The monoisotopic (exact) mass is 301 g/mol. The molecule has 0 radical (unpaired) electrons. The molecule has 0 unspecified atom stereocenters. The fourth-order valence-electron chi connectivity index (χ4n) is 2.76. The standard InChI is InChI=1S/C16H15NO5/c1-21-16(20)12-3-2-8-17(12)15(19)11-4-6-13-10(9-11)5-7-14(18)22-13/h4-7,9,12H,2-3,8H2,1H3/t12-/m0/s1. The van der Waals surface area contributed by atoms with Crippen LogP contribution in [0, 0.1) is 0 Å². The molecule has 2 aromatic rings. The summed E-state index contributed by atoms with van der Waals surface area (Å²) in [7, 11) is 1.32. The summed E-state index contributed by atoms with van der Waals surface area (Å²) in [6.07, 6.45) is 1.38. The van der Waals surface area contributed by atoms with Crippen molar-refractivity contribution >= 4 is 22.8 Å². The minimum atomic E-state index is -0.526. The molecule has 0 aliphatic carbocycles. The number of methoxy groups -OCH3 is 1. The van der Waals surface area contributed by atoms with Crippen molar-refractivity contribution in [1.82, 2.24) is 4.90 Å². The van der Waals surface area contributed by atoms with Gasteiger partial charge in [0.15, 0.2) is 0 Å². The van der Waals surface area contributed by atoms with E-state index in [1.807, 2.05) is 0 Å². The number of fused-ring (bicyclic) bond motifs is 1. The summed E-state index contributed by atoms with van der Waals surface area (Å²) in [6.45, 7) is 0.528. The normalized spacial score (nSPS) is 17.7. The lowest BCUT2D eigenvalue weighted by atomic mass is 10.1. The number of likely N-dealkylation sites (tertiary alicyclic amines) is 1. The quantitative estimate of drug-likeness (QED) is 0.621. The minimum absolute atomic E-state index is 0.221. The first kappa shape index (κ1) is 14.3. The highest BCUT2D eigenvalue weighted by atomic mass is 16.5. The van der Waals surface area contributed by atoms with Crippen molar-refractivity contribution in [3.63, 3.8) is 0 Å². The first-order valence-electron chi connectivity index (χ1n) is 7.03. The second-order valence-electron chi connectivity index (χ2n) is 5.19. The topological polar surface area (TPSA) is 76.8 Å². The van der Waals surface area contributed by atoms with Crippen LogP contribution in [-0.4, -0.2) is 36.5 Å². The smallest absolute Gasteiger partial charge is 0.336 e. The van der Waals surface area contributed by atoms with Crippen LogP contribution in [0.5, 0.6) is 0 Å². The summed E-state index contributed by atoms with van der Waals surface area (Å²) in [4.78, 5) is 37.1. The van der Waals surface area contributed by atoms with Gasteiger partial charge in [0.25, 0.3) is 5.91 Å². The number of ether oxygens (including phenoxy) is 1. The van der Waals surface area contributed by atoms with Gasteiger partial charge in [-0.1, -0.05) is 0 Å². The molecular weight excluding hydrogens is 286 g/mol. The van der Waals surface area contributed by atoms with Gasteiger partial charge in [-0.05, 0) is 37.1 Å². The van der Waals surface area contributed by atoms with Crippen molar-refractivity contribution in [2.24, 2.45) is 0 Å². The van der Waals surface area contributed by atoms with Gasteiger partial charge in [-0.25, -0.2) is 9.59 Å². The lowest BCUT2D eigenvalue weighted by Gasteiger charge is -2.22. The summed E-state index contributed by atoms with van der Waals surface area (Å²) in [5.74, 6) is -0.612. The van der Waals surface area contributed by atoms with E-state index in [4.69, 9.17) is 9.15 Å². The maximum Gasteiger partial charge on any atom is 0.336 e. The molecule has 1 aromatic heterocycles. The average Bonchev–Trinajstić information content (AvgIpc) is 3.02. The van der Waals surface area contributed by atoms with Crippen LogP contribution in [0.25, 0.3) is 11.0 Å². The maximum atomic E-state index is 12.6. The summed E-state index contributed by atoms with van der Waals surface area (Å²) in [6, 6.07) is 7.24. The molecule has 2 heterocycles. The van der Waals surface area contributed by atoms with Crippen LogP contribution < -0.4 is 5.63 Å². The van der Waals surface area contributed by atoms with Gasteiger partial charge in [0.1, 0.15) is 11.6 Å². The predicted molar refractivity (Wildman–Crippen MR) is 78.6 cm³/mol. The van der Waals surface area contributed by atoms with Crippen molar-refractivity contribution in [2.75, 3.05) is 13.7 Å². The van der Waals surface area contributed by atoms with Gasteiger partial charge in [0.2, 0.25) is 0 Å². The second-order valence-corrected chi connectivity index (χ2v) is 5.19. The summed E-state index contributed by atoms with van der Waals surface area (Å²) < 4.78 is 9.80. The molecule has 0 spiro atoms. The second kappa shape index (κ2) is 5.63. The highest BCUT2D eigenvalue weighted by Gasteiger charge is 2.35. The van der Waals surface area contributed by atoms with Crippen molar-refractivity contribution < 1.29 is 18.7 Å². The number of carbonyl (C=O) groups excluding carboxylic acids is 2. The van der Waals surface area contributed by atoms with E-state index in [1.54, 1.807) is 24.3 Å². The third kappa shape index (κ3) is 2.47. The molecule has 1 atom stereocenters. The number of nitrogens with zero attached hydrogens (tertiary/aromatic N) is 1. The Balaban J connectivity index is 1.93. The van der Waals surface area contributed by atoms with E-state index >= 15 is 0 Å². The van der Waals surface area contributed by atoms with Crippen LogP contribution in [0.3, 0.4) is 0 Å². The van der Waals surface area contributed by atoms with E-state index in [9.17, 15) is 14.4 Å².